The summed E-state index contributed by atoms with van der Waals surface area (Å²) in [6, 6.07) is -0.128. The van der Waals surface area contributed by atoms with Crippen molar-refractivity contribution in [1.29, 1.82) is 0 Å². The van der Waals surface area contributed by atoms with E-state index in [1.54, 1.807) is 4.90 Å². The van der Waals surface area contributed by atoms with Crippen molar-refractivity contribution in [2.75, 3.05) is 13.1 Å². The number of aliphatic hydroxyl groups excluding tert-OH is 1. The highest BCUT2D eigenvalue weighted by atomic mass is 16.3. The van der Waals surface area contributed by atoms with Gasteiger partial charge < -0.3 is 19.9 Å². The molecule has 1 saturated heterocycles. The fraction of sp³-hybridized carbons (Fsp3) is 0.800. The van der Waals surface area contributed by atoms with Crippen LogP contribution in [0.4, 0.5) is 4.79 Å². The lowest BCUT2D eigenvalue weighted by Crippen LogP contribution is -2.49. The molecule has 22 heavy (non-hydrogen) atoms. The predicted octanol–water partition coefficient (Wildman–Crippen LogP) is 0.917. The molecule has 2 aliphatic heterocycles. The molecule has 2 unspecified atom stereocenters. The molecule has 7 nitrogen and oxygen atoms in total. The van der Waals surface area contributed by atoms with Crippen molar-refractivity contribution in [2.45, 2.75) is 58.2 Å². The molecule has 0 saturated carbocycles. The normalized spacial score (nSPS) is 25.5. The maximum atomic E-state index is 12.2. The highest BCUT2D eigenvalue weighted by Gasteiger charge is 2.27. The zero-order valence-electron chi connectivity index (χ0n) is 13.2. The number of carbonyl (C=O) groups is 1. The molecule has 0 aromatic carbocycles. The minimum atomic E-state index is -0.427. The van der Waals surface area contributed by atoms with Gasteiger partial charge in [0.25, 0.3) is 0 Å². The highest BCUT2D eigenvalue weighted by molar-refractivity contribution is 5.74. The van der Waals surface area contributed by atoms with Gasteiger partial charge in [-0.3, -0.25) is 0 Å². The third-order valence-corrected chi connectivity index (χ3v) is 4.79. The molecule has 2 atom stereocenters. The second-order valence-corrected chi connectivity index (χ2v) is 6.43. The van der Waals surface area contributed by atoms with E-state index in [-0.39, 0.29) is 11.9 Å². The van der Waals surface area contributed by atoms with Crippen LogP contribution in [-0.2, 0) is 19.5 Å². The summed E-state index contributed by atoms with van der Waals surface area (Å²) in [7, 11) is 0. The van der Waals surface area contributed by atoms with Gasteiger partial charge in [0.2, 0.25) is 0 Å². The molecule has 122 valence electrons. The number of rotatable bonds is 2. The van der Waals surface area contributed by atoms with E-state index < -0.39 is 6.10 Å². The Bertz CT molecular complexity index is 530. The number of hydrogen-bond acceptors (Lipinski definition) is 4. The first-order valence-corrected chi connectivity index (χ1v) is 8.27. The number of amides is 2. The van der Waals surface area contributed by atoms with Crippen LogP contribution in [0.15, 0.2) is 0 Å². The average Bonchev–Trinajstić information content (AvgIpc) is 2.74. The number of urea groups is 1. The first-order chi connectivity index (χ1) is 10.6. The molecule has 0 aliphatic carbocycles. The van der Waals surface area contributed by atoms with E-state index >= 15 is 0 Å². The molecule has 1 fully saturated rings. The lowest BCUT2D eigenvalue weighted by molar-refractivity contribution is 0.0435. The molecule has 2 amide bonds. The molecular formula is C15H25N5O2. The number of nitrogens with one attached hydrogen (secondary N) is 1. The first-order valence-electron chi connectivity index (χ1n) is 8.27. The van der Waals surface area contributed by atoms with Gasteiger partial charge in [-0.15, -0.1) is 10.2 Å². The predicted molar refractivity (Wildman–Crippen MR) is 81.2 cm³/mol. The molecule has 3 rings (SSSR count). The Morgan fingerprint density at radius 1 is 1.32 bits per heavy atom. The molecule has 2 N–H and O–H groups in total. The van der Waals surface area contributed by atoms with Crippen LogP contribution in [0.5, 0.6) is 0 Å². The average molecular weight is 307 g/mol. The van der Waals surface area contributed by atoms with Crippen LogP contribution in [-0.4, -0.2) is 50.0 Å². The van der Waals surface area contributed by atoms with E-state index in [4.69, 9.17) is 0 Å². The van der Waals surface area contributed by atoms with Crippen molar-refractivity contribution < 1.29 is 9.90 Å². The first kappa shape index (κ1) is 15.3. The van der Waals surface area contributed by atoms with E-state index in [0.29, 0.717) is 19.6 Å². The zero-order chi connectivity index (χ0) is 15.5. The van der Waals surface area contributed by atoms with Gasteiger partial charge in [-0.1, -0.05) is 13.3 Å². The van der Waals surface area contributed by atoms with E-state index in [9.17, 15) is 9.90 Å². The molecular weight excluding hydrogens is 282 g/mol. The standard InChI is InChI=1S/C15H25N5O2/c1-11-6-8-19(10-12(11)21)15(22)16-9-14-18-17-13-5-3-2-4-7-20(13)14/h11-12,21H,2-10H2,1H3,(H,16,22). The van der Waals surface area contributed by atoms with Crippen LogP contribution in [0.1, 0.15) is 44.3 Å². The van der Waals surface area contributed by atoms with E-state index in [2.05, 4.69) is 20.1 Å². The van der Waals surface area contributed by atoms with Crippen LogP contribution < -0.4 is 5.32 Å². The van der Waals surface area contributed by atoms with Gasteiger partial charge in [0.1, 0.15) is 5.82 Å². The Labute approximate surface area is 130 Å². The number of aliphatic hydroxyl groups is 1. The summed E-state index contributed by atoms with van der Waals surface area (Å²) in [6.45, 7) is 4.46. The largest absolute Gasteiger partial charge is 0.391 e. The van der Waals surface area contributed by atoms with Gasteiger partial charge in [0.05, 0.1) is 12.6 Å². The van der Waals surface area contributed by atoms with E-state index in [0.717, 1.165) is 43.9 Å². The fourth-order valence-electron chi connectivity index (χ4n) is 3.18. The molecule has 0 radical (unpaired) electrons. The van der Waals surface area contributed by atoms with Crippen LogP contribution in [0.2, 0.25) is 0 Å². The monoisotopic (exact) mass is 307 g/mol. The lowest BCUT2D eigenvalue weighted by atomic mass is 9.96. The van der Waals surface area contributed by atoms with Crippen LogP contribution in [0, 0.1) is 5.92 Å². The second kappa shape index (κ2) is 6.64. The number of aryl methyl sites for hydroxylation is 1. The van der Waals surface area contributed by atoms with Crippen LogP contribution in [0.25, 0.3) is 0 Å². The minimum absolute atomic E-state index is 0.128. The zero-order valence-corrected chi connectivity index (χ0v) is 13.2. The number of hydrogen-bond donors (Lipinski definition) is 2. The number of fused-ring (bicyclic) bond motifs is 1. The lowest BCUT2D eigenvalue weighted by Gasteiger charge is -2.34. The molecule has 7 heteroatoms. The summed E-state index contributed by atoms with van der Waals surface area (Å²) in [5.74, 6) is 2.12. The molecule has 2 aliphatic rings. The maximum absolute atomic E-state index is 12.2. The van der Waals surface area contributed by atoms with Gasteiger partial charge >= 0.3 is 6.03 Å². The summed E-state index contributed by atoms with van der Waals surface area (Å²) < 4.78 is 2.14. The molecule has 3 heterocycles. The van der Waals surface area contributed by atoms with Crippen LogP contribution in [0.3, 0.4) is 0 Å². The molecule has 1 aromatic heterocycles. The van der Waals surface area contributed by atoms with Gasteiger partial charge in [-0.25, -0.2) is 4.79 Å². The Balaban J connectivity index is 1.56. The summed E-state index contributed by atoms with van der Waals surface area (Å²) in [6.07, 6.45) is 4.91. The van der Waals surface area contributed by atoms with E-state index in [1.165, 1.54) is 6.42 Å². The van der Waals surface area contributed by atoms with Gasteiger partial charge in [0, 0.05) is 26.1 Å². The highest BCUT2D eigenvalue weighted by Crippen LogP contribution is 2.17. The van der Waals surface area contributed by atoms with Crippen molar-refractivity contribution in [3.8, 4) is 0 Å². The number of likely N-dealkylation sites (tertiary alicyclic amines) is 1. The SMILES string of the molecule is CC1CCN(C(=O)NCc2nnc3n2CCCCC3)CC1O. The number of nitrogens with zero attached hydrogens (tertiary/aromatic N) is 4. The Kier molecular flexibility index (Phi) is 4.61. The number of β-amino-alcohol motifs (C(OH)–C–C–N with tert-alkyl or cyclic N) is 1. The summed E-state index contributed by atoms with van der Waals surface area (Å²) >= 11 is 0. The summed E-state index contributed by atoms with van der Waals surface area (Å²) in [5.41, 5.74) is 0. The van der Waals surface area contributed by atoms with Crippen molar-refractivity contribution in [3.05, 3.63) is 11.6 Å². The topological polar surface area (TPSA) is 83.3 Å². The van der Waals surface area contributed by atoms with Crippen molar-refractivity contribution in [3.63, 3.8) is 0 Å². The van der Waals surface area contributed by atoms with Gasteiger partial charge in [-0.2, -0.15) is 0 Å². The Hall–Kier alpha value is -1.63. The summed E-state index contributed by atoms with van der Waals surface area (Å²) in [4.78, 5) is 13.9. The third-order valence-electron chi connectivity index (χ3n) is 4.79. The maximum Gasteiger partial charge on any atom is 0.317 e. The van der Waals surface area contributed by atoms with Gasteiger partial charge in [0.15, 0.2) is 5.82 Å². The quantitative estimate of drug-likeness (QED) is 0.851. The minimum Gasteiger partial charge on any atom is -0.391 e. The van der Waals surface area contributed by atoms with Crippen molar-refractivity contribution in [1.82, 2.24) is 25.0 Å². The molecule has 0 spiro atoms. The smallest absolute Gasteiger partial charge is 0.317 e. The molecule has 1 aromatic rings. The molecule has 0 bridgehead atoms. The van der Waals surface area contributed by atoms with Crippen LogP contribution >= 0.6 is 0 Å². The van der Waals surface area contributed by atoms with Crippen molar-refractivity contribution >= 4 is 6.03 Å². The van der Waals surface area contributed by atoms with Gasteiger partial charge in [-0.05, 0) is 25.2 Å². The second-order valence-electron chi connectivity index (χ2n) is 6.43. The number of piperidine rings is 1. The summed E-state index contributed by atoms with van der Waals surface area (Å²) in [5, 5.41) is 21.3. The van der Waals surface area contributed by atoms with E-state index in [1.807, 2.05) is 6.92 Å². The fourth-order valence-corrected chi connectivity index (χ4v) is 3.18. The Morgan fingerprint density at radius 2 is 2.18 bits per heavy atom. The van der Waals surface area contributed by atoms with Crippen molar-refractivity contribution in [2.24, 2.45) is 5.92 Å². The Morgan fingerprint density at radius 3 is 3.00 bits per heavy atom. The number of carbonyl (C=O) groups excluding carboxylic acids is 1. The number of aromatic nitrogens is 3. The third kappa shape index (κ3) is 3.24.